The number of hydrogen-bond acceptors (Lipinski definition) is 1. The molecule has 1 heterocycles. The van der Waals surface area contributed by atoms with Crippen molar-refractivity contribution < 1.29 is 13.6 Å². The van der Waals surface area contributed by atoms with E-state index in [2.05, 4.69) is 20.9 Å². The van der Waals surface area contributed by atoms with Gasteiger partial charge in [0.1, 0.15) is 11.6 Å². The molecule has 0 aliphatic carbocycles. The Kier molecular flexibility index (Phi) is 3.14. The van der Waals surface area contributed by atoms with Crippen LogP contribution in [0, 0.1) is 11.6 Å². The maximum atomic E-state index is 13.8. The van der Waals surface area contributed by atoms with Crippen molar-refractivity contribution >= 4 is 32.6 Å². The van der Waals surface area contributed by atoms with Crippen LogP contribution < -0.4 is 0 Å². The van der Waals surface area contributed by atoms with Crippen LogP contribution in [0.15, 0.2) is 47.1 Å². The molecule has 2 aromatic carbocycles. The Labute approximate surface area is 121 Å². The van der Waals surface area contributed by atoms with Gasteiger partial charge >= 0.3 is 0 Å². The summed E-state index contributed by atoms with van der Waals surface area (Å²) >= 11 is 3.17. The van der Waals surface area contributed by atoms with Gasteiger partial charge in [-0.1, -0.05) is 6.07 Å². The number of H-pyrrole nitrogens is 1. The van der Waals surface area contributed by atoms with Crippen molar-refractivity contribution in [3.8, 4) is 0 Å². The van der Waals surface area contributed by atoms with Gasteiger partial charge in [0.2, 0.25) is 0 Å². The normalized spacial score (nSPS) is 10.9. The van der Waals surface area contributed by atoms with Crippen LogP contribution in [0.2, 0.25) is 0 Å². The molecule has 0 saturated carbocycles. The predicted molar refractivity (Wildman–Crippen MR) is 75.8 cm³/mol. The SMILES string of the molecule is O=C(c1c(F)cccc1Br)c1c[nH]c2ccc(F)cc12. The van der Waals surface area contributed by atoms with Gasteiger partial charge in [0.05, 0.1) is 5.56 Å². The topological polar surface area (TPSA) is 32.9 Å². The van der Waals surface area contributed by atoms with Gasteiger partial charge in [-0.25, -0.2) is 8.78 Å². The number of aromatic amines is 1. The second kappa shape index (κ2) is 4.83. The molecule has 0 spiro atoms. The standard InChI is InChI=1S/C15H8BrF2NO/c16-11-2-1-3-12(18)14(11)15(20)10-7-19-13-5-4-8(17)6-9(10)13/h1-7,19H. The van der Waals surface area contributed by atoms with Crippen LogP contribution in [0.25, 0.3) is 10.9 Å². The van der Waals surface area contributed by atoms with E-state index in [9.17, 15) is 13.6 Å². The van der Waals surface area contributed by atoms with Gasteiger partial charge in [-0.2, -0.15) is 0 Å². The monoisotopic (exact) mass is 335 g/mol. The minimum absolute atomic E-state index is 0.0577. The van der Waals surface area contributed by atoms with Crippen LogP contribution in [0.3, 0.4) is 0 Å². The number of hydrogen-bond donors (Lipinski definition) is 1. The van der Waals surface area contributed by atoms with Crippen molar-refractivity contribution in [2.24, 2.45) is 0 Å². The highest BCUT2D eigenvalue weighted by Gasteiger charge is 2.20. The summed E-state index contributed by atoms with van der Waals surface area (Å²) < 4.78 is 27.5. The summed E-state index contributed by atoms with van der Waals surface area (Å²) in [4.78, 5) is 15.3. The smallest absolute Gasteiger partial charge is 0.199 e. The summed E-state index contributed by atoms with van der Waals surface area (Å²) in [5.74, 6) is -1.55. The van der Waals surface area contributed by atoms with E-state index in [1.165, 1.54) is 36.5 Å². The van der Waals surface area contributed by atoms with E-state index in [0.717, 1.165) is 0 Å². The molecule has 0 aliphatic heterocycles. The average molecular weight is 336 g/mol. The predicted octanol–water partition coefficient (Wildman–Crippen LogP) is 4.44. The fourth-order valence-electron chi connectivity index (χ4n) is 2.13. The molecule has 0 amide bonds. The first kappa shape index (κ1) is 13.0. The molecular weight excluding hydrogens is 328 g/mol. The zero-order valence-electron chi connectivity index (χ0n) is 10.1. The summed E-state index contributed by atoms with van der Waals surface area (Å²) in [5, 5.41) is 0.435. The number of carbonyl (C=O) groups excluding carboxylic acids is 1. The van der Waals surface area contributed by atoms with Gasteiger partial charge in [-0.3, -0.25) is 4.79 Å². The zero-order valence-corrected chi connectivity index (χ0v) is 11.7. The van der Waals surface area contributed by atoms with Gasteiger partial charge in [-0.05, 0) is 46.3 Å². The van der Waals surface area contributed by atoms with Crippen LogP contribution in [-0.4, -0.2) is 10.8 Å². The van der Waals surface area contributed by atoms with Crippen molar-refractivity contribution in [1.29, 1.82) is 0 Å². The first-order valence-corrected chi connectivity index (χ1v) is 6.62. The number of aromatic nitrogens is 1. The third kappa shape index (κ3) is 2.04. The van der Waals surface area contributed by atoms with E-state index < -0.39 is 17.4 Å². The summed E-state index contributed by atoms with van der Waals surface area (Å²) in [5.41, 5.74) is 0.810. The van der Waals surface area contributed by atoms with Gasteiger partial charge < -0.3 is 4.98 Å². The highest BCUT2D eigenvalue weighted by molar-refractivity contribution is 9.10. The molecule has 100 valence electrons. The minimum Gasteiger partial charge on any atom is -0.360 e. The third-order valence-corrected chi connectivity index (χ3v) is 3.74. The molecular formula is C15H8BrF2NO. The number of nitrogens with one attached hydrogen (secondary N) is 1. The van der Waals surface area contributed by atoms with E-state index in [-0.39, 0.29) is 11.1 Å². The van der Waals surface area contributed by atoms with Gasteiger partial charge in [0, 0.05) is 27.1 Å². The molecule has 0 bridgehead atoms. The van der Waals surface area contributed by atoms with E-state index in [0.29, 0.717) is 15.4 Å². The molecule has 0 aliphatic rings. The van der Waals surface area contributed by atoms with Crippen LogP contribution in [-0.2, 0) is 0 Å². The summed E-state index contributed by atoms with van der Waals surface area (Å²) in [7, 11) is 0. The first-order valence-electron chi connectivity index (χ1n) is 5.83. The molecule has 0 saturated heterocycles. The lowest BCUT2D eigenvalue weighted by atomic mass is 10.0. The third-order valence-electron chi connectivity index (χ3n) is 3.08. The molecule has 20 heavy (non-hydrogen) atoms. The van der Waals surface area contributed by atoms with Crippen molar-refractivity contribution in [2.75, 3.05) is 0 Å². The largest absolute Gasteiger partial charge is 0.360 e. The summed E-state index contributed by atoms with van der Waals surface area (Å²) in [6.07, 6.45) is 1.46. The maximum Gasteiger partial charge on any atom is 0.199 e. The van der Waals surface area contributed by atoms with Crippen LogP contribution in [0.5, 0.6) is 0 Å². The van der Waals surface area contributed by atoms with Gasteiger partial charge in [0.25, 0.3) is 0 Å². The lowest BCUT2D eigenvalue weighted by molar-refractivity contribution is 0.103. The number of halogens is 3. The highest BCUT2D eigenvalue weighted by Crippen LogP contribution is 2.27. The molecule has 0 unspecified atom stereocenters. The molecule has 3 rings (SSSR count). The number of ketones is 1. The van der Waals surface area contributed by atoms with E-state index in [1.807, 2.05) is 0 Å². The number of fused-ring (bicyclic) bond motifs is 1. The maximum absolute atomic E-state index is 13.8. The molecule has 0 atom stereocenters. The Morgan fingerprint density at radius 3 is 2.70 bits per heavy atom. The minimum atomic E-state index is -0.616. The number of rotatable bonds is 2. The Bertz CT molecular complexity index is 806. The second-order valence-corrected chi connectivity index (χ2v) is 5.17. The fourth-order valence-corrected chi connectivity index (χ4v) is 2.65. The molecule has 5 heteroatoms. The van der Waals surface area contributed by atoms with Crippen LogP contribution in [0.1, 0.15) is 15.9 Å². The molecule has 0 radical (unpaired) electrons. The Hall–Kier alpha value is -2.01. The molecule has 2 nitrogen and oxygen atoms in total. The Morgan fingerprint density at radius 1 is 1.15 bits per heavy atom. The Morgan fingerprint density at radius 2 is 1.95 bits per heavy atom. The molecule has 3 aromatic rings. The quantitative estimate of drug-likeness (QED) is 0.690. The fraction of sp³-hybridized carbons (Fsp3) is 0. The summed E-state index contributed by atoms with van der Waals surface area (Å²) in [6.45, 7) is 0. The van der Waals surface area contributed by atoms with Crippen molar-refractivity contribution in [2.45, 2.75) is 0 Å². The van der Waals surface area contributed by atoms with Crippen molar-refractivity contribution in [3.05, 3.63) is 69.8 Å². The van der Waals surface area contributed by atoms with Crippen LogP contribution >= 0.6 is 15.9 Å². The Balaban J connectivity index is 2.21. The van der Waals surface area contributed by atoms with Gasteiger partial charge in [-0.15, -0.1) is 0 Å². The lowest BCUT2D eigenvalue weighted by Crippen LogP contribution is -2.04. The first-order chi connectivity index (χ1) is 9.58. The molecule has 0 fully saturated rings. The highest BCUT2D eigenvalue weighted by atomic mass is 79.9. The second-order valence-electron chi connectivity index (χ2n) is 4.32. The average Bonchev–Trinajstić information content (AvgIpc) is 2.81. The van der Waals surface area contributed by atoms with E-state index in [4.69, 9.17) is 0 Å². The molecule has 1 aromatic heterocycles. The lowest BCUT2D eigenvalue weighted by Gasteiger charge is -2.04. The summed E-state index contributed by atoms with van der Waals surface area (Å²) in [6, 6.07) is 8.40. The number of carbonyl (C=O) groups is 1. The van der Waals surface area contributed by atoms with Crippen molar-refractivity contribution in [1.82, 2.24) is 4.98 Å². The van der Waals surface area contributed by atoms with E-state index >= 15 is 0 Å². The van der Waals surface area contributed by atoms with E-state index in [1.54, 1.807) is 6.07 Å². The molecule has 1 N–H and O–H groups in total. The van der Waals surface area contributed by atoms with Crippen LogP contribution in [0.4, 0.5) is 8.78 Å². The van der Waals surface area contributed by atoms with Crippen molar-refractivity contribution in [3.63, 3.8) is 0 Å². The zero-order chi connectivity index (χ0) is 14.3. The number of benzene rings is 2. The van der Waals surface area contributed by atoms with Gasteiger partial charge in [0.15, 0.2) is 5.78 Å².